The fourth-order valence-corrected chi connectivity index (χ4v) is 3.53. The highest BCUT2D eigenvalue weighted by atomic mass is 32.2. The minimum absolute atomic E-state index is 0.275. The second kappa shape index (κ2) is 7.25. The summed E-state index contributed by atoms with van der Waals surface area (Å²) in [6.07, 6.45) is 4.60. The van der Waals surface area contributed by atoms with Crippen molar-refractivity contribution >= 4 is 33.2 Å². The molecular formula is C20H19NO4S. The number of nitrogens with zero attached hydrogens (tertiary/aromatic N) is 1. The minimum Gasteiger partial charge on any atom is -0.318 e. The van der Waals surface area contributed by atoms with Gasteiger partial charge in [-0.05, 0) is 47.7 Å². The van der Waals surface area contributed by atoms with E-state index in [0.29, 0.717) is 12.1 Å². The molecule has 0 saturated carbocycles. The van der Waals surface area contributed by atoms with Gasteiger partial charge in [-0.25, -0.2) is 13.2 Å². The van der Waals surface area contributed by atoms with Gasteiger partial charge in [0.15, 0.2) is 9.84 Å². The molecule has 1 aliphatic carbocycles. The zero-order valence-electron chi connectivity index (χ0n) is 14.6. The summed E-state index contributed by atoms with van der Waals surface area (Å²) < 4.78 is 23.2. The Balaban J connectivity index is 2.06. The van der Waals surface area contributed by atoms with E-state index in [4.69, 9.17) is 4.84 Å². The molecule has 0 N–H and O–H groups in total. The summed E-state index contributed by atoms with van der Waals surface area (Å²) in [7, 11) is -3.23. The van der Waals surface area contributed by atoms with Crippen LogP contribution in [0.4, 0.5) is 0 Å². The number of hydrogen-bond donors (Lipinski definition) is 0. The summed E-state index contributed by atoms with van der Waals surface area (Å²) in [6, 6.07) is 14.7. The first kappa shape index (κ1) is 18.1. The Kier molecular flexibility index (Phi) is 5.04. The molecule has 3 rings (SSSR count). The van der Waals surface area contributed by atoms with Gasteiger partial charge in [-0.1, -0.05) is 41.6 Å². The number of rotatable bonds is 3. The topological polar surface area (TPSA) is 72.8 Å². The Morgan fingerprint density at radius 2 is 1.77 bits per heavy atom. The van der Waals surface area contributed by atoms with Gasteiger partial charge in [0, 0.05) is 18.8 Å². The minimum atomic E-state index is -3.23. The van der Waals surface area contributed by atoms with Gasteiger partial charge >= 0.3 is 5.97 Å². The van der Waals surface area contributed by atoms with E-state index in [-0.39, 0.29) is 4.90 Å². The fraction of sp³-hybridized carbons (Fsp3) is 0.200. The van der Waals surface area contributed by atoms with E-state index < -0.39 is 15.8 Å². The molecule has 134 valence electrons. The average Bonchev–Trinajstić information content (AvgIpc) is 2.60. The molecule has 0 bridgehead atoms. The van der Waals surface area contributed by atoms with E-state index in [2.05, 4.69) is 11.2 Å². The van der Waals surface area contributed by atoms with Gasteiger partial charge in [0.25, 0.3) is 0 Å². The maximum absolute atomic E-state index is 11.6. The molecule has 0 unspecified atom stereocenters. The summed E-state index contributed by atoms with van der Waals surface area (Å²) >= 11 is 0. The average molecular weight is 369 g/mol. The monoisotopic (exact) mass is 369 g/mol. The van der Waals surface area contributed by atoms with Crippen molar-refractivity contribution in [3.8, 4) is 0 Å². The maximum Gasteiger partial charge on any atom is 0.331 e. The van der Waals surface area contributed by atoms with Crippen LogP contribution in [-0.4, -0.2) is 26.4 Å². The SMILES string of the molecule is CC(=O)O/N=C1\CCc2ccccc2\C1=C\c1ccc(S(C)(=O)=O)cc1. The van der Waals surface area contributed by atoms with Gasteiger partial charge in [-0.2, -0.15) is 0 Å². The summed E-state index contributed by atoms with van der Waals surface area (Å²) in [5.74, 6) is -0.465. The lowest BCUT2D eigenvalue weighted by molar-refractivity contribution is -0.140. The number of allylic oxidation sites excluding steroid dienone is 1. The predicted molar refractivity (Wildman–Crippen MR) is 101 cm³/mol. The number of carbonyl (C=O) groups is 1. The van der Waals surface area contributed by atoms with Crippen molar-refractivity contribution in [2.75, 3.05) is 6.26 Å². The molecule has 0 aromatic heterocycles. The molecule has 6 heteroatoms. The number of oxime groups is 1. The number of aryl methyl sites for hydroxylation is 1. The van der Waals surface area contributed by atoms with Crippen LogP contribution >= 0.6 is 0 Å². The van der Waals surface area contributed by atoms with Crippen molar-refractivity contribution in [2.45, 2.75) is 24.7 Å². The van der Waals surface area contributed by atoms with Crippen molar-refractivity contribution < 1.29 is 18.0 Å². The van der Waals surface area contributed by atoms with Gasteiger partial charge in [0.1, 0.15) is 0 Å². The van der Waals surface area contributed by atoms with E-state index in [9.17, 15) is 13.2 Å². The van der Waals surface area contributed by atoms with E-state index in [1.54, 1.807) is 24.3 Å². The van der Waals surface area contributed by atoms with Gasteiger partial charge in [0.05, 0.1) is 10.6 Å². The van der Waals surface area contributed by atoms with Crippen LogP contribution < -0.4 is 0 Å². The van der Waals surface area contributed by atoms with Crippen molar-refractivity contribution in [1.82, 2.24) is 0 Å². The van der Waals surface area contributed by atoms with Crippen LogP contribution in [0, 0.1) is 0 Å². The van der Waals surface area contributed by atoms with Crippen LogP contribution in [0.25, 0.3) is 11.6 Å². The summed E-state index contributed by atoms with van der Waals surface area (Å²) in [5.41, 5.74) is 4.66. The quantitative estimate of drug-likeness (QED) is 0.613. The molecule has 5 nitrogen and oxygen atoms in total. The normalized spacial score (nSPS) is 17.2. The van der Waals surface area contributed by atoms with Gasteiger partial charge in [-0.15, -0.1) is 0 Å². The number of carbonyl (C=O) groups excluding carboxylic acids is 1. The number of fused-ring (bicyclic) bond motifs is 1. The van der Waals surface area contributed by atoms with Crippen molar-refractivity contribution in [3.05, 3.63) is 65.2 Å². The Labute approximate surface area is 152 Å². The molecule has 0 fully saturated rings. The Hall–Kier alpha value is -2.73. The molecule has 0 amide bonds. The van der Waals surface area contributed by atoms with Gasteiger partial charge in [-0.3, -0.25) is 0 Å². The second-order valence-corrected chi connectivity index (χ2v) is 8.19. The lowest BCUT2D eigenvalue weighted by Gasteiger charge is -2.20. The highest BCUT2D eigenvalue weighted by Gasteiger charge is 2.20. The summed E-state index contributed by atoms with van der Waals surface area (Å²) in [6.45, 7) is 1.31. The third-order valence-electron chi connectivity index (χ3n) is 4.15. The van der Waals surface area contributed by atoms with Crippen molar-refractivity contribution in [2.24, 2.45) is 5.16 Å². The lowest BCUT2D eigenvalue weighted by atomic mass is 9.85. The molecule has 0 atom stereocenters. The Morgan fingerprint density at radius 1 is 1.08 bits per heavy atom. The smallest absolute Gasteiger partial charge is 0.318 e. The van der Waals surface area contributed by atoms with E-state index in [1.165, 1.54) is 18.7 Å². The highest BCUT2D eigenvalue weighted by Crippen LogP contribution is 2.31. The first-order valence-corrected chi connectivity index (χ1v) is 10.1. The zero-order valence-corrected chi connectivity index (χ0v) is 15.4. The zero-order chi connectivity index (χ0) is 18.7. The fourth-order valence-electron chi connectivity index (χ4n) is 2.90. The molecule has 26 heavy (non-hydrogen) atoms. The summed E-state index contributed by atoms with van der Waals surface area (Å²) in [4.78, 5) is 16.3. The first-order valence-electron chi connectivity index (χ1n) is 8.19. The third-order valence-corrected chi connectivity index (χ3v) is 5.28. The van der Waals surface area contributed by atoms with Gasteiger partial charge in [0.2, 0.25) is 0 Å². The van der Waals surface area contributed by atoms with Crippen LogP contribution in [-0.2, 0) is 25.9 Å². The molecular weight excluding hydrogens is 350 g/mol. The van der Waals surface area contributed by atoms with Crippen LogP contribution in [0.2, 0.25) is 0 Å². The number of sulfone groups is 1. The van der Waals surface area contributed by atoms with Gasteiger partial charge < -0.3 is 4.84 Å². The van der Waals surface area contributed by atoms with E-state index in [1.807, 2.05) is 24.3 Å². The first-order chi connectivity index (χ1) is 12.3. The number of hydrogen-bond acceptors (Lipinski definition) is 5. The maximum atomic E-state index is 11.6. The second-order valence-electron chi connectivity index (χ2n) is 6.18. The molecule has 0 radical (unpaired) electrons. The Morgan fingerprint density at radius 3 is 2.42 bits per heavy atom. The highest BCUT2D eigenvalue weighted by molar-refractivity contribution is 7.90. The van der Waals surface area contributed by atoms with Crippen molar-refractivity contribution in [1.29, 1.82) is 0 Å². The molecule has 1 aliphatic rings. The van der Waals surface area contributed by atoms with Crippen LogP contribution in [0.1, 0.15) is 30.0 Å². The molecule has 0 aliphatic heterocycles. The standard InChI is InChI=1S/C20H19NO4S/c1-14(22)25-21-20-12-9-16-5-3-4-6-18(16)19(20)13-15-7-10-17(11-8-15)26(2,23)24/h3-8,10-11,13H,9,12H2,1-2H3/b19-13-,21-20+. The molecule has 2 aromatic rings. The van der Waals surface area contributed by atoms with Crippen LogP contribution in [0.5, 0.6) is 0 Å². The molecule has 2 aromatic carbocycles. The molecule has 0 spiro atoms. The number of benzene rings is 2. The molecule has 0 saturated heterocycles. The van der Waals surface area contributed by atoms with E-state index in [0.717, 1.165) is 23.1 Å². The largest absolute Gasteiger partial charge is 0.331 e. The van der Waals surface area contributed by atoms with Crippen LogP contribution in [0.3, 0.4) is 0 Å². The van der Waals surface area contributed by atoms with E-state index >= 15 is 0 Å². The summed E-state index contributed by atoms with van der Waals surface area (Å²) in [5, 5.41) is 4.02. The van der Waals surface area contributed by atoms with Crippen molar-refractivity contribution in [3.63, 3.8) is 0 Å². The predicted octanol–water partition coefficient (Wildman–Crippen LogP) is 3.50. The molecule has 0 heterocycles. The lowest BCUT2D eigenvalue weighted by Crippen LogP contribution is -2.14. The Bertz CT molecular complexity index is 1000. The third kappa shape index (κ3) is 4.08. The van der Waals surface area contributed by atoms with Crippen LogP contribution in [0.15, 0.2) is 58.6 Å².